The molecule has 262 valence electrons. The summed E-state index contributed by atoms with van der Waals surface area (Å²) in [5.41, 5.74) is 8.44. The Labute approximate surface area is 292 Å². The van der Waals surface area contributed by atoms with Gasteiger partial charge in [0.15, 0.2) is 0 Å². The zero-order chi connectivity index (χ0) is 35.0. The third kappa shape index (κ3) is 8.32. The third-order valence-corrected chi connectivity index (χ3v) is 9.15. The smallest absolute Gasteiger partial charge is 0.222 e. The third-order valence-electron chi connectivity index (χ3n) is 9.15. The highest BCUT2D eigenvalue weighted by Crippen LogP contribution is 2.32. The summed E-state index contributed by atoms with van der Waals surface area (Å²) in [5.74, 6) is 2.16. The summed E-state index contributed by atoms with van der Waals surface area (Å²) in [5, 5.41) is 12.4. The Bertz CT molecular complexity index is 1700. The second kappa shape index (κ2) is 16.0. The maximum Gasteiger partial charge on any atom is 0.222 e. The Morgan fingerprint density at radius 1 is 0.640 bits per heavy atom. The van der Waals surface area contributed by atoms with Gasteiger partial charge in [0.2, 0.25) is 35.3 Å². The van der Waals surface area contributed by atoms with Crippen molar-refractivity contribution in [3.05, 3.63) is 94.0 Å². The lowest BCUT2D eigenvalue weighted by atomic mass is 9.92. The van der Waals surface area contributed by atoms with E-state index in [-0.39, 0.29) is 23.9 Å². The van der Waals surface area contributed by atoms with Gasteiger partial charge in [-0.05, 0) is 59.4 Å². The standard InChI is InChI=1S/C38H44N6O6/c1-23-27(21-49-35-13-11-25(37(43-35)47-3)17-39-19-29-15-33(45)41-29)7-5-9-31(23)32-10-6-8-28(24(32)2)22-50-36-14-12-26(38(44-36)48-4)18-40-20-30-16-34(46)42-30/h5-14,29-30,39-40H,15-22H2,1-4H3,(H,41,45)(H,42,46). The minimum absolute atomic E-state index is 0.0910. The Balaban J connectivity index is 1.06. The first-order valence-electron chi connectivity index (χ1n) is 16.8. The first-order valence-corrected chi connectivity index (χ1v) is 16.8. The summed E-state index contributed by atoms with van der Waals surface area (Å²) in [7, 11) is 3.20. The second-order valence-electron chi connectivity index (χ2n) is 12.6. The highest BCUT2D eigenvalue weighted by atomic mass is 16.5. The van der Waals surface area contributed by atoms with E-state index in [0.29, 0.717) is 75.8 Å². The van der Waals surface area contributed by atoms with Crippen LogP contribution < -0.4 is 40.2 Å². The Kier molecular flexibility index (Phi) is 11.1. The number of aromatic nitrogens is 2. The van der Waals surface area contributed by atoms with Gasteiger partial charge in [0.1, 0.15) is 13.2 Å². The van der Waals surface area contributed by atoms with Gasteiger partial charge in [0, 0.05) is 62.3 Å². The molecule has 2 amide bonds. The maximum atomic E-state index is 11.1. The first-order chi connectivity index (χ1) is 24.3. The molecule has 12 heteroatoms. The fourth-order valence-corrected chi connectivity index (χ4v) is 6.12. The van der Waals surface area contributed by atoms with E-state index in [1.54, 1.807) is 14.2 Å². The van der Waals surface area contributed by atoms with Crippen molar-refractivity contribution in [1.82, 2.24) is 31.2 Å². The lowest BCUT2D eigenvalue weighted by Crippen LogP contribution is -2.53. The number of rotatable bonds is 17. The Morgan fingerprint density at radius 2 is 1.06 bits per heavy atom. The molecule has 0 spiro atoms. The number of nitrogens with one attached hydrogen (secondary N) is 4. The van der Waals surface area contributed by atoms with Crippen LogP contribution >= 0.6 is 0 Å². The summed E-state index contributed by atoms with van der Waals surface area (Å²) >= 11 is 0. The van der Waals surface area contributed by atoms with Crippen LogP contribution in [-0.2, 0) is 35.9 Å². The van der Waals surface area contributed by atoms with Crippen molar-refractivity contribution in [2.45, 2.75) is 65.1 Å². The largest absolute Gasteiger partial charge is 0.481 e. The van der Waals surface area contributed by atoms with E-state index in [4.69, 9.17) is 18.9 Å². The topological polar surface area (TPSA) is 145 Å². The molecule has 6 rings (SSSR count). The molecule has 4 N–H and O–H groups in total. The van der Waals surface area contributed by atoms with E-state index in [0.717, 1.165) is 44.5 Å². The Morgan fingerprint density at radius 3 is 1.44 bits per heavy atom. The van der Waals surface area contributed by atoms with Crippen LogP contribution in [0, 0.1) is 13.8 Å². The van der Waals surface area contributed by atoms with Crippen LogP contribution in [0.4, 0.5) is 0 Å². The van der Waals surface area contributed by atoms with Crippen molar-refractivity contribution in [1.29, 1.82) is 0 Å². The molecule has 2 aliphatic heterocycles. The number of benzene rings is 2. The average Bonchev–Trinajstić information content (AvgIpc) is 3.10. The number of pyridine rings is 2. The van der Waals surface area contributed by atoms with Crippen LogP contribution in [0.25, 0.3) is 11.1 Å². The van der Waals surface area contributed by atoms with Gasteiger partial charge in [-0.2, -0.15) is 9.97 Å². The minimum Gasteiger partial charge on any atom is -0.481 e. The van der Waals surface area contributed by atoms with Gasteiger partial charge in [-0.3, -0.25) is 9.59 Å². The molecule has 50 heavy (non-hydrogen) atoms. The molecule has 2 fully saturated rings. The summed E-state index contributed by atoms with van der Waals surface area (Å²) in [6.07, 6.45) is 1.12. The fraction of sp³-hybridized carbons (Fsp3) is 0.368. The maximum absolute atomic E-state index is 11.1. The van der Waals surface area contributed by atoms with Crippen LogP contribution in [-0.4, -0.2) is 61.2 Å². The van der Waals surface area contributed by atoms with Crippen LogP contribution in [0.15, 0.2) is 60.7 Å². The molecule has 2 aromatic heterocycles. The first kappa shape index (κ1) is 34.7. The van der Waals surface area contributed by atoms with E-state index < -0.39 is 0 Å². The van der Waals surface area contributed by atoms with Crippen molar-refractivity contribution in [2.24, 2.45) is 0 Å². The van der Waals surface area contributed by atoms with E-state index in [9.17, 15) is 9.59 Å². The number of amides is 2. The summed E-state index contributed by atoms with van der Waals surface area (Å²) in [6, 6.07) is 20.4. The van der Waals surface area contributed by atoms with Crippen molar-refractivity contribution in [3.63, 3.8) is 0 Å². The van der Waals surface area contributed by atoms with Gasteiger partial charge in [-0.25, -0.2) is 0 Å². The van der Waals surface area contributed by atoms with E-state index in [1.165, 1.54) is 0 Å². The summed E-state index contributed by atoms with van der Waals surface area (Å²) in [6.45, 7) is 7.47. The molecule has 2 unspecified atom stereocenters. The highest BCUT2D eigenvalue weighted by molar-refractivity contribution is 5.83. The van der Waals surface area contributed by atoms with E-state index >= 15 is 0 Å². The van der Waals surface area contributed by atoms with Gasteiger partial charge in [-0.15, -0.1) is 0 Å². The van der Waals surface area contributed by atoms with Gasteiger partial charge in [0.25, 0.3) is 0 Å². The average molecular weight is 681 g/mol. The number of hydrogen-bond acceptors (Lipinski definition) is 10. The Hall–Kier alpha value is -5.20. The lowest BCUT2D eigenvalue weighted by molar-refractivity contribution is -0.128. The van der Waals surface area contributed by atoms with Crippen molar-refractivity contribution >= 4 is 11.8 Å². The van der Waals surface area contributed by atoms with Gasteiger partial charge >= 0.3 is 0 Å². The van der Waals surface area contributed by atoms with Crippen LogP contribution in [0.3, 0.4) is 0 Å². The number of carbonyl (C=O) groups excluding carboxylic acids is 2. The number of nitrogens with zero attached hydrogens (tertiary/aromatic N) is 2. The number of methoxy groups -OCH3 is 2. The fourth-order valence-electron chi connectivity index (χ4n) is 6.12. The number of β-lactam (4-membered cyclic amide) rings is 2. The zero-order valence-electron chi connectivity index (χ0n) is 28.9. The van der Waals surface area contributed by atoms with E-state index in [2.05, 4.69) is 69.3 Å². The normalized spacial score (nSPS) is 16.5. The van der Waals surface area contributed by atoms with Crippen LogP contribution in [0.5, 0.6) is 23.5 Å². The summed E-state index contributed by atoms with van der Waals surface area (Å²) < 4.78 is 23.4. The molecule has 12 nitrogen and oxygen atoms in total. The lowest BCUT2D eigenvalue weighted by Gasteiger charge is -2.27. The monoisotopic (exact) mass is 680 g/mol. The molecule has 2 aromatic carbocycles. The molecule has 4 heterocycles. The van der Waals surface area contributed by atoms with Crippen molar-refractivity contribution < 1.29 is 28.5 Å². The molecule has 0 saturated carbocycles. The van der Waals surface area contributed by atoms with Crippen molar-refractivity contribution in [3.8, 4) is 34.6 Å². The molecule has 2 atom stereocenters. The quantitative estimate of drug-likeness (QED) is 0.121. The SMILES string of the molecule is COc1nc(OCc2cccc(-c3cccc(COc4ccc(CNCC5CC(=O)N5)c(OC)n4)c3C)c2C)ccc1CNCC1CC(=O)N1. The zero-order valence-corrected chi connectivity index (χ0v) is 28.9. The van der Waals surface area contributed by atoms with Gasteiger partial charge in [-0.1, -0.05) is 36.4 Å². The van der Waals surface area contributed by atoms with Crippen molar-refractivity contribution in [2.75, 3.05) is 27.3 Å². The van der Waals surface area contributed by atoms with E-state index in [1.807, 2.05) is 36.4 Å². The van der Waals surface area contributed by atoms with Crippen LogP contribution in [0.1, 0.15) is 46.2 Å². The molecule has 0 aliphatic carbocycles. The predicted octanol–water partition coefficient (Wildman–Crippen LogP) is 3.89. The molecule has 0 bridgehead atoms. The summed E-state index contributed by atoms with van der Waals surface area (Å²) in [4.78, 5) is 31.4. The van der Waals surface area contributed by atoms with Crippen LogP contribution in [0.2, 0.25) is 0 Å². The highest BCUT2D eigenvalue weighted by Gasteiger charge is 2.25. The van der Waals surface area contributed by atoms with Gasteiger partial charge in [0.05, 0.1) is 26.3 Å². The number of carbonyl (C=O) groups is 2. The van der Waals surface area contributed by atoms with Gasteiger partial charge < -0.3 is 40.2 Å². The molecular formula is C38H44N6O6. The second-order valence-corrected chi connectivity index (χ2v) is 12.6. The molecule has 0 radical (unpaired) electrons. The molecule has 4 aromatic rings. The molecule has 2 aliphatic rings. The molecule has 2 saturated heterocycles. The molecular weight excluding hydrogens is 636 g/mol. The predicted molar refractivity (Wildman–Crippen MR) is 188 cm³/mol. The number of hydrogen-bond donors (Lipinski definition) is 4. The minimum atomic E-state index is 0.0910. The number of ether oxygens (including phenoxy) is 4.